The van der Waals surface area contributed by atoms with Gasteiger partial charge < -0.3 is 10.2 Å². The van der Waals surface area contributed by atoms with Crippen molar-refractivity contribution in [2.45, 2.75) is 19.1 Å². The lowest BCUT2D eigenvalue weighted by atomic mass is 10.1. The molecule has 0 saturated heterocycles. The van der Waals surface area contributed by atoms with Crippen molar-refractivity contribution in [3.8, 4) is 0 Å². The molecule has 0 aliphatic heterocycles. The highest BCUT2D eigenvalue weighted by Crippen LogP contribution is 2.03. The zero-order chi connectivity index (χ0) is 9.68. The van der Waals surface area contributed by atoms with E-state index < -0.39 is 12.2 Å². The molecule has 2 N–H and O–H groups in total. The Kier molecular flexibility index (Phi) is 3.68. The molecule has 2 atom stereocenters. The number of rotatable bonds is 3. The summed E-state index contributed by atoms with van der Waals surface area (Å²) >= 11 is 0. The van der Waals surface area contributed by atoms with Gasteiger partial charge in [0.1, 0.15) is 0 Å². The summed E-state index contributed by atoms with van der Waals surface area (Å²) in [5.74, 6) is 0. The fourth-order valence-corrected chi connectivity index (χ4v) is 0.935. The first-order chi connectivity index (χ1) is 6.20. The molecule has 0 aliphatic rings. The molecule has 0 bridgehead atoms. The van der Waals surface area contributed by atoms with Gasteiger partial charge in [-0.2, -0.15) is 0 Å². The molecule has 70 valence electrons. The van der Waals surface area contributed by atoms with Crippen molar-refractivity contribution in [2.24, 2.45) is 0 Å². The van der Waals surface area contributed by atoms with Gasteiger partial charge in [-0.05, 0) is 12.5 Å². The summed E-state index contributed by atoms with van der Waals surface area (Å²) in [6, 6.07) is 9.65. The van der Waals surface area contributed by atoms with E-state index in [2.05, 4.69) is 0 Å². The highest BCUT2D eigenvalue weighted by molar-refractivity contribution is 5.49. The molecule has 0 heterocycles. The summed E-state index contributed by atoms with van der Waals surface area (Å²) in [7, 11) is 0. The monoisotopic (exact) mass is 178 g/mol. The van der Waals surface area contributed by atoms with Crippen LogP contribution in [0.3, 0.4) is 0 Å². The Balaban J connectivity index is 2.59. The third-order valence-electron chi connectivity index (χ3n) is 1.78. The maximum atomic E-state index is 9.25. The third kappa shape index (κ3) is 3.40. The molecule has 13 heavy (non-hydrogen) atoms. The minimum absolute atomic E-state index is 0.722. The summed E-state index contributed by atoms with van der Waals surface area (Å²) < 4.78 is 0. The molecule has 0 amide bonds. The Hall–Kier alpha value is -1.12. The first-order valence-electron chi connectivity index (χ1n) is 4.29. The zero-order valence-corrected chi connectivity index (χ0v) is 7.59. The van der Waals surface area contributed by atoms with E-state index in [-0.39, 0.29) is 0 Å². The average Bonchev–Trinajstić information content (AvgIpc) is 2.15. The van der Waals surface area contributed by atoms with Crippen LogP contribution in [0.5, 0.6) is 0 Å². The minimum atomic E-state index is -0.791. The van der Waals surface area contributed by atoms with E-state index in [1.165, 1.54) is 0 Å². The van der Waals surface area contributed by atoms with Crippen molar-refractivity contribution < 1.29 is 10.2 Å². The first kappa shape index (κ1) is 9.96. The van der Waals surface area contributed by atoms with Crippen molar-refractivity contribution in [1.29, 1.82) is 0 Å². The van der Waals surface area contributed by atoms with E-state index in [1.54, 1.807) is 19.1 Å². The van der Waals surface area contributed by atoms with Crippen LogP contribution in [0.4, 0.5) is 0 Å². The Morgan fingerprint density at radius 2 is 1.77 bits per heavy atom. The van der Waals surface area contributed by atoms with Crippen LogP contribution in [0.2, 0.25) is 0 Å². The molecule has 1 aromatic rings. The Labute approximate surface area is 78.2 Å². The molecule has 0 fully saturated rings. The molecule has 2 nitrogen and oxygen atoms in total. The van der Waals surface area contributed by atoms with Gasteiger partial charge in [-0.25, -0.2) is 0 Å². The highest BCUT2D eigenvalue weighted by Gasteiger charge is 2.04. The van der Waals surface area contributed by atoms with Crippen molar-refractivity contribution in [1.82, 2.24) is 0 Å². The maximum absolute atomic E-state index is 9.25. The van der Waals surface area contributed by atoms with Crippen molar-refractivity contribution in [3.05, 3.63) is 42.0 Å². The third-order valence-corrected chi connectivity index (χ3v) is 1.78. The van der Waals surface area contributed by atoms with Gasteiger partial charge in [0, 0.05) is 0 Å². The molecule has 0 aliphatic carbocycles. The van der Waals surface area contributed by atoms with Crippen LogP contribution in [-0.4, -0.2) is 22.4 Å². The summed E-state index contributed by atoms with van der Waals surface area (Å²) in [6.07, 6.45) is 1.86. The lowest BCUT2D eigenvalue weighted by Gasteiger charge is -2.07. The molecular weight excluding hydrogens is 164 g/mol. The van der Waals surface area contributed by atoms with Crippen LogP contribution in [0.25, 0.3) is 6.08 Å². The predicted octanol–water partition coefficient (Wildman–Crippen LogP) is 1.44. The lowest BCUT2D eigenvalue weighted by molar-refractivity contribution is 0.0624. The van der Waals surface area contributed by atoms with E-state index in [9.17, 15) is 5.11 Å². The number of hydrogen-bond donors (Lipinski definition) is 2. The maximum Gasteiger partial charge on any atom is 0.0980 e. The normalized spacial score (nSPS) is 15.9. The van der Waals surface area contributed by atoms with Crippen molar-refractivity contribution >= 4 is 6.08 Å². The van der Waals surface area contributed by atoms with Gasteiger partial charge in [-0.3, -0.25) is 0 Å². The molecule has 0 spiro atoms. The standard InChI is InChI=1S/C11H14O2/c1-9(12)11(13)8-7-10-5-3-2-4-6-10/h2-9,11-13H,1H3/b8-7+. The lowest BCUT2D eigenvalue weighted by Crippen LogP contribution is -2.19. The molecule has 0 aromatic heterocycles. The van der Waals surface area contributed by atoms with Crippen LogP contribution >= 0.6 is 0 Å². The molecule has 2 heteroatoms. The van der Waals surface area contributed by atoms with Gasteiger partial charge in [0.25, 0.3) is 0 Å². The van der Waals surface area contributed by atoms with Crippen LogP contribution in [-0.2, 0) is 0 Å². The van der Waals surface area contributed by atoms with Crippen LogP contribution in [0.15, 0.2) is 36.4 Å². The Morgan fingerprint density at radius 1 is 1.15 bits per heavy atom. The highest BCUT2D eigenvalue weighted by atomic mass is 16.3. The summed E-state index contributed by atoms with van der Waals surface area (Å²) in [4.78, 5) is 0. The summed E-state index contributed by atoms with van der Waals surface area (Å²) in [5, 5.41) is 18.2. The minimum Gasteiger partial charge on any atom is -0.390 e. The Morgan fingerprint density at radius 3 is 2.31 bits per heavy atom. The van der Waals surface area contributed by atoms with E-state index in [1.807, 2.05) is 30.3 Å². The summed E-state index contributed by atoms with van der Waals surface area (Å²) in [5.41, 5.74) is 1.02. The number of aliphatic hydroxyl groups is 2. The first-order valence-corrected chi connectivity index (χ1v) is 4.29. The van der Waals surface area contributed by atoms with Crippen LogP contribution < -0.4 is 0 Å². The predicted molar refractivity (Wildman–Crippen MR) is 53.2 cm³/mol. The molecular formula is C11H14O2. The molecule has 2 unspecified atom stereocenters. The SMILES string of the molecule is CC(O)C(O)/C=C/c1ccccc1. The van der Waals surface area contributed by atoms with Crippen molar-refractivity contribution in [3.63, 3.8) is 0 Å². The second-order valence-electron chi connectivity index (χ2n) is 3.00. The molecule has 0 radical (unpaired) electrons. The molecule has 1 aromatic carbocycles. The quantitative estimate of drug-likeness (QED) is 0.735. The van der Waals surface area contributed by atoms with Gasteiger partial charge >= 0.3 is 0 Å². The summed E-state index contributed by atoms with van der Waals surface area (Å²) in [6.45, 7) is 1.56. The number of benzene rings is 1. The average molecular weight is 178 g/mol. The molecule has 1 rings (SSSR count). The van der Waals surface area contributed by atoms with Gasteiger partial charge in [-0.15, -0.1) is 0 Å². The van der Waals surface area contributed by atoms with Gasteiger partial charge in [0.2, 0.25) is 0 Å². The largest absolute Gasteiger partial charge is 0.390 e. The Bertz CT molecular complexity index is 265. The van der Waals surface area contributed by atoms with Crippen molar-refractivity contribution in [2.75, 3.05) is 0 Å². The van der Waals surface area contributed by atoms with E-state index in [4.69, 9.17) is 5.11 Å². The van der Waals surface area contributed by atoms with Crippen LogP contribution in [0.1, 0.15) is 12.5 Å². The van der Waals surface area contributed by atoms with Gasteiger partial charge in [0.15, 0.2) is 0 Å². The van der Waals surface area contributed by atoms with Crippen LogP contribution in [0, 0.1) is 0 Å². The smallest absolute Gasteiger partial charge is 0.0980 e. The fraction of sp³-hybridized carbons (Fsp3) is 0.273. The topological polar surface area (TPSA) is 40.5 Å². The van der Waals surface area contributed by atoms with E-state index in [0.717, 1.165) is 5.56 Å². The van der Waals surface area contributed by atoms with Gasteiger partial charge in [0.05, 0.1) is 12.2 Å². The van der Waals surface area contributed by atoms with E-state index >= 15 is 0 Å². The second-order valence-corrected chi connectivity index (χ2v) is 3.00. The van der Waals surface area contributed by atoms with E-state index in [0.29, 0.717) is 0 Å². The number of hydrogen-bond acceptors (Lipinski definition) is 2. The van der Waals surface area contributed by atoms with Gasteiger partial charge in [-0.1, -0.05) is 42.5 Å². The second kappa shape index (κ2) is 4.80. The molecule has 0 saturated carbocycles. The zero-order valence-electron chi connectivity index (χ0n) is 7.59. The number of aliphatic hydroxyl groups excluding tert-OH is 2. The fourth-order valence-electron chi connectivity index (χ4n) is 0.935.